The van der Waals surface area contributed by atoms with E-state index < -0.39 is 0 Å². The third-order valence-electron chi connectivity index (χ3n) is 4.38. The third kappa shape index (κ3) is 5.20. The van der Waals surface area contributed by atoms with Gasteiger partial charge in [0.1, 0.15) is 17.3 Å². The fourth-order valence-corrected chi connectivity index (χ4v) is 2.82. The zero-order chi connectivity index (χ0) is 18.4. The van der Waals surface area contributed by atoms with Gasteiger partial charge in [0.2, 0.25) is 0 Å². The van der Waals surface area contributed by atoms with Gasteiger partial charge in [-0.15, -0.1) is 0 Å². The number of rotatable bonds is 6. The molecule has 6 heteroatoms. The SMILES string of the molecule is O=C(NCC1CCC(COc2ccc(F)cc2)CO1)c1ccc(O)cc1. The van der Waals surface area contributed by atoms with E-state index in [1.54, 1.807) is 24.3 Å². The molecule has 1 aliphatic rings. The number of ether oxygens (including phenoxy) is 2. The molecule has 1 heterocycles. The topological polar surface area (TPSA) is 67.8 Å². The molecule has 2 unspecified atom stereocenters. The second kappa shape index (κ2) is 8.67. The van der Waals surface area contributed by atoms with E-state index >= 15 is 0 Å². The van der Waals surface area contributed by atoms with Crippen LogP contribution in [0.25, 0.3) is 0 Å². The predicted molar refractivity (Wildman–Crippen MR) is 94.8 cm³/mol. The maximum absolute atomic E-state index is 12.9. The van der Waals surface area contributed by atoms with Gasteiger partial charge in [0, 0.05) is 18.0 Å². The second-order valence-corrected chi connectivity index (χ2v) is 6.42. The standard InChI is InChI=1S/C20H22FNO4/c21-16-4-9-18(10-5-16)25-12-14-1-8-19(26-13-14)11-22-20(24)15-2-6-17(23)7-3-15/h2-7,9-10,14,19,23H,1,8,11-13H2,(H,22,24). The lowest BCUT2D eigenvalue weighted by Gasteiger charge is -2.29. The van der Waals surface area contributed by atoms with E-state index in [1.165, 1.54) is 24.3 Å². The summed E-state index contributed by atoms with van der Waals surface area (Å²) in [6.45, 7) is 1.55. The van der Waals surface area contributed by atoms with Crippen LogP contribution in [0.5, 0.6) is 11.5 Å². The number of amides is 1. The summed E-state index contributed by atoms with van der Waals surface area (Å²) in [5, 5.41) is 12.1. The van der Waals surface area contributed by atoms with E-state index in [4.69, 9.17) is 9.47 Å². The van der Waals surface area contributed by atoms with Crippen LogP contribution in [0, 0.1) is 11.7 Å². The number of phenolic OH excluding ortho intramolecular Hbond substituents is 1. The molecule has 0 aliphatic carbocycles. The summed E-state index contributed by atoms with van der Waals surface area (Å²) in [4.78, 5) is 12.1. The molecule has 2 N–H and O–H groups in total. The Balaban J connectivity index is 1.36. The van der Waals surface area contributed by atoms with Crippen LogP contribution in [0.3, 0.4) is 0 Å². The van der Waals surface area contributed by atoms with Gasteiger partial charge in [0.15, 0.2) is 0 Å². The van der Waals surface area contributed by atoms with Gasteiger partial charge < -0.3 is 19.9 Å². The Bertz CT molecular complexity index is 710. The minimum Gasteiger partial charge on any atom is -0.508 e. The minimum atomic E-state index is -0.282. The van der Waals surface area contributed by atoms with Gasteiger partial charge in [0.05, 0.1) is 19.3 Å². The zero-order valence-electron chi connectivity index (χ0n) is 14.4. The van der Waals surface area contributed by atoms with Crippen molar-refractivity contribution in [3.05, 3.63) is 59.9 Å². The number of halogens is 1. The zero-order valence-corrected chi connectivity index (χ0v) is 14.4. The molecule has 2 atom stereocenters. The van der Waals surface area contributed by atoms with E-state index in [0.29, 0.717) is 31.1 Å². The average Bonchev–Trinajstić information content (AvgIpc) is 2.67. The summed E-state index contributed by atoms with van der Waals surface area (Å²) >= 11 is 0. The summed E-state index contributed by atoms with van der Waals surface area (Å²) in [5.41, 5.74) is 0.504. The smallest absolute Gasteiger partial charge is 0.251 e. The molecule has 1 aliphatic heterocycles. The number of carbonyl (C=O) groups excluding carboxylic acids is 1. The molecule has 138 valence electrons. The summed E-state index contributed by atoms with van der Waals surface area (Å²) < 4.78 is 24.3. The van der Waals surface area contributed by atoms with Crippen LogP contribution in [0.15, 0.2) is 48.5 Å². The molecule has 5 nitrogen and oxygen atoms in total. The predicted octanol–water partition coefficient (Wildman–Crippen LogP) is 3.14. The maximum atomic E-state index is 12.9. The molecule has 0 saturated carbocycles. The first kappa shape index (κ1) is 18.2. The van der Waals surface area contributed by atoms with Crippen molar-refractivity contribution in [2.24, 2.45) is 5.92 Å². The van der Waals surface area contributed by atoms with E-state index in [1.807, 2.05) is 0 Å². The Morgan fingerprint density at radius 2 is 1.88 bits per heavy atom. The number of hydrogen-bond acceptors (Lipinski definition) is 4. The quantitative estimate of drug-likeness (QED) is 0.832. The van der Waals surface area contributed by atoms with Crippen LogP contribution in [0.4, 0.5) is 4.39 Å². The number of benzene rings is 2. The maximum Gasteiger partial charge on any atom is 0.251 e. The van der Waals surface area contributed by atoms with Crippen molar-refractivity contribution in [3.63, 3.8) is 0 Å². The van der Waals surface area contributed by atoms with E-state index in [9.17, 15) is 14.3 Å². The molecule has 26 heavy (non-hydrogen) atoms. The molecule has 1 saturated heterocycles. The monoisotopic (exact) mass is 359 g/mol. The Morgan fingerprint density at radius 3 is 2.54 bits per heavy atom. The van der Waals surface area contributed by atoms with Crippen molar-refractivity contribution >= 4 is 5.91 Å². The highest BCUT2D eigenvalue weighted by Crippen LogP contribution is 2.21. The van der Waals surface area contributed by atoms with Gasteiger partial charge in [-0.2, -0.15) is 0 Å². The largest absolute Gasteiger partial charge is 0.508 e. The first-order chi connectivity index (χ1) is 12.6. The number of hydrogen-bond donors (Lipinski definition) is 2. The molecule has 2 aromatic carbocycles. The van der Waals surface area contributed by atoms with Crippen LogP contribution in [0.1, 0.15) is 23.2 Å². The number of nitrogens with one attached hydrogen (secondary N) is 1. The van der Waals surface area contributed by atoms with Gasteiger partial charge in [-0.1, -0.05) is 0 Å². The van der Waals surface area contributed by atoms with Crippen LogP contribution >= 0.6 is 0 Å². The fraction of sp³-hybridized carbons (Fsp3) is 0.350. The Morgan fingerprint density at radius 1 is 1.15 bits per heavy atom. The molecule has 0 radical (unpaired) electrons. The molecule has 2 aromatic rings. The lowest BCUT2D eigenvalue weighted by molar-refractivity contribution is -0.0251. The summed E-state index contributed by atoms with van der Waals surface area (Å²) in [6, 6.07) is 12.1. The molecule has 0 aromatic heterocycles. The fourth-order valence-electron chi connectivity index (χ4n) is 2.82. The van der Waals surface area contributed by atoms with Crippen molar-refractivity contribution in [1.82, 2.24) is 5.32 Å². The Hall–Kier alpha value is -2.60. The number of aromatic hydroxyl groups is 1. The van der Waals surface area contributed by atoms with Crippen molar-refractivity contribution in [1.29, 1.82) is 0 Å². The first-order valence-electron chi connectivity index (χ1n) is 8.67. The van der Waals surface area contributed by atoms with E-state index in [2.05, 4.69) is 5.32 Å². The van der Waals surface area contributed by atoms with Crippen molar-refractivity contribution in [2.75, 3.05) is 19.8 Å². The molecular weight excluding hydrogens is 337 g/mol. The second-order valence-electron chi connectivity index (χ2n) is 6.42. The van der Waals surface area contributed by atoms with Crippen LogP contribution < -0.4 is 10.1 Å². The Labute approximate surface area is 151 Å². The lowest BCUT2D eigenvalue weighted by Crippen LogP contribution is -2.38. The number of phenols is 1. The highest BCUT2D eigenvalue weighted by atomic mass is 19.1. The van der Waals surface area contributed by atoms with E-state index in [0.717, 1.165) is 12.8 Å². The number of carbonyl (C=O) groups is 1. The van der Waals surface area contributed by atoms with Crippen molar-refractivity contribution < 1.29 is 23.8 Å². The minimum absolute atomic E-state index is 0.0156. The van der Waals surface area contributed by atoms with Gasteiger partial charge in [0.25, 0.3) is 5.91 Å². The highest BCUT2D eigenvalue weighted by Gasteiger charge is 2.22. The van der Waals surface area contributed by atoms with Crippen molar-refractivity contribution in [2.45, 2.75) is 18.9 Å². The van der Waals surface area contributed by atoms with E-state index in [-0.39, 0.29) is 29.5 Å². The molecule has 1 fully saturated rings. The summed E-state index contributed by atoms with van der Waals surface area (Å²) in [5.74, 6) is 0.593. The average molecular weight is 359 g/mol. The molecule has 3 rings (SSSR count). The van der Waals surface area contributed by atoms with Crippen molar-refractivity contribution in [3.8, 4) is 11.5 Å². The van der Waals surface area contributed by atoms with Gasteiger partial charge in [-0.05, 0) is 61.4 Å². The molecule has 1 amide bonds. The molecule has 0 spiro atoms. The van der Waals surface area contributed by atoms with Gasteiger partial charge >= 0.3 is 0 Å². The van der Waals surface area contributed by atoms with Crippen LogP contribution in [-0.2, 0) is 4.74 Å². The third-order valence-corrected chi connectivity index (χ3v) is 4.38. The van der Waals surface area contributed by atoms with Crippen LogP contribution in [0.2, 0.25) is 0 Å². The summed E-state index contributed by atoms with van der Waals surface area (Å²) in [7, 11) is 0. The lowest BCUT2D eigenvalue weighted by atomic mass is 9.99. The normalized spacial score (nSPS) is 19.7. The molecular formula is C20H22FNO4. The molecule has 0 bridgehead atoms. The van der Waals surface area contributed by atoms with Gasteiger partial charge in [-0.3, -0.25) is 4.79 Å². The highest BCUT2D eigenvalue weighted by molar-refractivity contribution is 5.94. The van der Waals surface area contributed by atoms with Crippen LogP contribution in [-0.4, -0.2) is 36.9 Å². The first-order valence-corrected chi connectivity index (χ1v) is 8.67. The van der Waals surface area contributed by atoms with Gasteiger partial charge in [-0.25, -0.2) is 4.39 Å². The Kier molecular flexibility index (Phi) is 6.07. The summed E-state index contributed by atoms with van der Waals surface area (Å²) in [6.07, 6.45) is 1.77.